The van der Waals surface area contributed by atoms with Crippen LogP contribution < -0.4 is 5.32 Å². The van der Waals surface area contributed by atoms with E-state index < -0.39 is 0 Å². The SMILES string of the molecule is CCCc1c(Cl)ncnc1NC(C)C(=O)N1CCCC1. The Bertz CT molecular complexity index is 474. The Hall–Kier alpha value is -1.36. The quantitative estimate of drug-likeness (QED) is 0.848. The van der Waals surface area contributed by atoms with Gasteiger partial charge >= 0.3 is 0 Å². The lowest BCUT2D eigenvalue weighted by Crippen LogP contribution is -2.40. The molecule has 1 saturated heterocycles. The molecule has 1 aromatic rings. The largest absolute Gasteiger partial charge is 0.358 e. The fraction of sp³-hybridized carbons (Fsp3) is 0.643. The second kappa shape index (κ2) is 6.88. The van der Waals surface area contributed by atoms with Crippen molar-refractivity contribution in [2.75, 3.05) is 18.4 Å². The van der Waals surface area contributed by atoms with E-state index in [9.17, 15) is 4.79 Å². The summed E-state index contributed by atoms with van der Waals surface area (Å²) >= 11 is 6.11. The van der Waals surface area contributed by atoms with E-state index in [1.165, 1.54) is 6.33 Å². The van der Waals surface area contributed by atoms with E-state index in [1.54, 1.807) is 0 Å². The van der Waals surface area contributed by atoms with Crippen molar-refractivity contribution in [2.45, 2.75) is 45.6 Å². The molecule has 110 valence electrons. The molecule has 0 aliphatic carbocycles. The first-order chi connectivity index (χ1) is 9.63. The summed E-state index contributed by atoms with van der Waals surface area (Å²) in [5.41, 5.74) is 0.887. The van der Waals surface area contributed by atoms with Gasteiger partial charge in [0.25, 0.3) is 0 Å². The van der Waals surface area contributed by atoms with Crippen LogP contribution in [0.4, 0.5) is 5.82 Å². The topological polar surface area (TPSA) is 58.1 Å². The molecule has 1 atom stereocenters. The van der Waals surface area contributed by atoms with Crippen molar-refractivity contribution in [3.8, 4) is 0 Å². The number of hydrogen-bond acceptors (Lipinski definition) is 4. The molecule has 5 nitrogen and oxygen atoms in total. The minimum atomic E-state index is -0.297. The first kappa shape index (κ1) is 15.0. The summed E-state index contributed by atoms with van der Waals surface area (Å²) in [5.74, 6) is 0.798. The first-order valence-electron chi connectivity index (χ1n) is 7.18. The lowest BCUT2D eigenvalue weighted by molar-refractivity contribution is -0.130. The highest BCUT2D eigenvalue weighted by Crippen LogP contribution is 2.22. The average molecular weight is 297 g/mol. The highest BCUT2D eigenvalue weighted by Gasteiger charge is 2.24. The van der Waals surface area contributed by atoms with E-state index in [0.29, 0.717) is 11.0 Å². The Morgan fingerprint density at radius 2 is 2.15 bits per heavy atom. The Kier molecular flexibility index (Phi) is 5.17. The molecule has 2 heterocycles. The van der Waals surface area contributed by atoms with Gasteiger partial charge in [0.1, 0.15) is 23.3 Å². The Balaban J connectivity index is 2.08. The highest BCUT2D eigenvalue weighted by molar-refractivity contribution is 6.30. The van der Waals surface area contributed by atoms with Gasteiger partial charge in [-0.3, -0.25) is 4.79 Å². The van der Waals surface area contributed by atoms with Crippen molar-refractivity contribution in [1.82, 2.24) is 14.9 Å². The van der Waals surface area contributed by atoms with E-state index in [2.05, 4.69) is 22.2 Å². The number of anilines is 1. The van der Waals surface area contributed by atoms with Crippen LogP contribution >= 0.6 is 11.6 Å². The molecule has 0 radical (unpaired) electrons. The van der Waals surface area contributed by atoms with E-state index >= 15 is 0 Å². The number of carbonyl (C=O) groups is 1. The van der Waals surface area contributed by atoms with Crippen LogP contribution in [0.15, 0.2) is 6.33 Å². The molecule has 1 aromatic heterocycles. The molecule has 2 rings (SSSR count). The molecule has 0 bridgehead atoms. The molecule has 0 aromatic carbocycles. The average Bonchev–Trinajstić information content (AvgIpc) is 2.96. The predicted molar refractivity (Wildman–Crippen MR) is 79.9 cm³/mol. The number of halogens is 1. The smallest absolute Gasteiger partial charge is 0.244 e. The van der Waals surface area contributed by atoms with Gasteiger partial charge in [-0.05, 0) is 26.2 Å². The summed E-state index contributed by atoms with van der Waals surface area (Å²) in [7, 11) is 0. The molecule has 1 fully saturated rings. The lowest BCUT2D eigenvalue weighted by Gasteiger charge is -2.22. The molecule has 1 aliphatic heterocycles. The number of likely N-dealkylation sites (tertiary alicyclic amines) is 1. The monoisotopic (exact) mass is 296 g/mol. The fourth-order valence-electron chi connectivity index (χ4n) is 2.46. The zero-order valence-electron chi connectivity index (χ0n) is 12.0. The van der Waals surface area contributed by atoms with Crippen LogP contribution in [-0.2, 0) is 11.2 Å². The molecule has 1 amide bonds. The van der Waals surface area contributed by atoms with Gasteiger partial charge in [-0.25, -0.2) is 9.97 Å². The van der Waals surface area contributed by atoms with Crippen molar-refractivity contribution < 1.29 is 4.79 Å². The van der Waals surface area contributed by atoms with Gasteiger partial charge < -0.3 is 10.2 Å². The summed E-state index contributed by atoms with van der Waals surface area (Å²) in [4.78, 5) is 22.4. The molecule has 0 spiro atoms. The minimum Gasteiger partial charge on any atom is -0.358 e. The van der Waals surface area contributed by atoms with Crippen molar-refractivity contribution in [3.05, 3.63) is 17.0 Å². The number of hydrogen-bond donors (Lipinski definition) is 1. The standard InChI is InChI=1S/C14H21ClN4O/c1-3-6-11-12(15)16-9-17-13(11)18-10(2)14(20)19-7-4-5-8-19/h9-10H,3-8H2,1-2H3,(H,16,17,18). The van der Waals surface area contributed by atoms with Gasteiger partial charge in [0.2, 0.25) is 5.91 Å². The third-order valence-corrected chi connectivity index (χ3v) is 3.86. The maximum atomic E-state index is 12.3. The second-order valence-electron chi connectivity index (χ2n) is 5.14. The Morgan fingerprint density at radius 3 is 2.80 bits per heavy atom. The van der Waals surface area contributed by atoms with Crippen molar-refractivity contribution in [1.29, 1.82) is 0 Å². The fourth-order valence-corrected chi connectivity index (χ4v) is 2.69. The summed E-state index contributed by atoms with van der Waals surface area (Å²) in [6.45, 7) is 5.66. The number of rotatable bonds is 5. The number of nitrogens with one attached hydrogen (secondary N) is 1. The summed E-state index contributed by atoms with van der Waals surface area (Å²) in [6.07, 6.45) is 5.37. The van der Waals surface area contributed by atoms with Crippen LogP contribution in [0.3, 0.4) is 0 Å². The van der Waals surface area contributed by atoms with E-state index in [0.717, 1.165) is 44.3 Å². The number of nitrogens with zero attached hydrogens (tertiary/aromatic N) is 3. The molecule has 6 heteroatoms. The molecular weight excluding hydrogens is 276 g/mol. The summed E-state index contributed by atoms with van der Waals surface area (Å²) in [6, 6.07) is -0.297. The van der Waals surface area contributed by atoms with Crippen LogP contribution in [0.25, 0.3) is 0 Å². The molecule has 1 aliphatic rings. The summed E-state index contributed by atoms with van der Waals surface area (Å²) in [5, 5.41) is 3.65. The molecule has 1 unspecified atom stereocenters. The third kappa shape index (κ3) is 3.39. The van der Waals surface area contributed by atoms with Crippen LogP contribution in [0.1, 0.15) is 38.7 Å². The minimum absolute atomic E-state index is 0.125. The first-order valence-corrected chi connectivity index (χ1v) is 7.56. The van der Waals surface area contributed by atoms with Crippen molar-refractivity contribution in [3.63, 3.8) is 0 Å². The highest BCUT2D eigenvalue weighted by atomic mass is 35.5. The predicted octanol–water partition coefficient (Wildman–Crippen LogP) is 2.51. The van der Waals surface area contributed by atoms with Gasteiger partial charge in [-0.1, -0.05) is 24.9 Å². The normalized spacial score (nSPS) is 16.2. The third-order valence-electron chi connectivity index (χ3n) is 3.53. The van der Waals surface area contributed by atoms with Crippen LogP contribution in [0.5, 0.6) is 0 Å². The Morgan fingerprint density at radius 1 is 1.45 bits per heavy atom. The molecular formula is C14H21ClN4O. The molecule has 0 saturated carbocycles. The van der Waals surface area contributed by atoms with E-state index in [1.807, 2.05) is 11.8 Å². The number of aromatic nitrogens is 2. The van der Waals surface area contributed by atoms with Gasteiger partial charge in [-0.2, -0.15) is 0 Å². The van der Waals surface area contributed by atoms with Gasteiger partial charge in [0, 0.05) is 18.7 Å². The van der Waals surface area contributed by atoms with Crippen molar-refractivity contribution in [2.24, 2.45) is 0 Å². The second-order valence-corrected chi connectivity index (χ2v) is 5.50. The van der Waals surface area contributed by atoms with Gasteiger partial charge in [0.15, 0.2) is 0 Å². The van der Waals surface area contributed by atoms with E-state index in [-0.39, 0.29) is 11.9 Å². The zero-order chi connectivity index (χ0) is 14.5. The van der Waals surface area contributed by atoms with Gasteiger partial charge in [-0.15, -0.1) is 0 Å². The number of carbonyl (C=O) groups excluding carboxylic acids is 1. The molecule has 1 N–H and O–H groups in total. The molecule has 20 heavy (non-hydrogen) atoms. The maximum absolute atomic E-state index is 12.3. The van der Waals surface area contributed by atoms with E-state index in [4.69, 9.17) is 11.6 Å². The number of amides is 1. The van der Waals surface area contributed by atoms with Crippen LogP contribution in [0.2, 0.25) is 5.15 Å². The van der Waals surface area contributed by atoms with Gasteiger partial charge in [0.05, 0.1) is 0 Å². The lowest BCUT2D eigenvalue weighted by atomic mass is 10.1. The van der Waals surface area contributed by atoms with Crippen molar-refractivity contribution >= 4 is 23.3 Å². The maximum Gasteiger partial charge on any atom is 0.244 e. The zero-order valence-corrected chi connectivity index (χ0v) is 12.8. The van der Waals surface area contributed by atoms with Crippen LogP contribution in [-0.4, -0.2) is 39.9 Å². The summed E-state index contributed by atoms with van der Waals surface area (Å²) < 4.78 is 0. The Labute approximate surface area is 124 Å². The van der Waals surface area contributed by atoms with Crippen LogP contribution in [0, 0.1) is 0 Å².